The molecule has 0 aromatic carbocycles. The minimum Gasteiger partial charge on any atom is -0.0614 e. The van der Waals surface area contributed by atoms with E-state index in [0.29, 0.717) is 0 Å². The standard InChI is InChI=1S/C3H7PS/c1-2-3-4-5/h2-3H2,1H3/p+1. The maximum absolute atomic E-state index is 4.68. The molecule has 0 amide bonds. The summed E-state index contributed by atoms with van der Waals surface area (Å²) in [4.78, 5) is 0. The Balaban J connectivity index is 2.40. The van der Waals surface area contributed by atoms with Gasteiger partial charge in [-0.25, -0.2) is 0 Å². The van der Waals surface area contributed by atoms with Crippen LogP contribution in [0.15, 0.2) is 0 Å². The van der Waals surface area contributed by atoms with Crippen LogP contribution < -0.4 is 0 Å². The molecule has 0 fully saturated rings. The summed E-state index contributed by atoms with van der Waals surface area (Å²) in [5, 5.41) is 0. The Morgan fingerprint density at radius 2 is 2.40 bits per heavy atom. The lowest BCUT2D eigenvalue weighted by atomic mass is 10.6. The van der Waals surface area contributed by atoms with Crippen LogP contribution in [0.3, 0.4) is 0 Å². The molecule has 0 nitrogen and oxygen atoms in total. The van der Waals surface area contributed by atoms with Crippen molar-refractivity contribution in [3.8, 4) is 0 Å². The third-order valence-corrected chi connectivity index (χ3v) is 1.67. The summed E-state index contributed by atoms with van der Waals surface area (Å²) >= 11 is 4.68. The lowest BCUT2D eigenvalue weighted by Gasteiger charge is -1.61. The Morgan fingerprint density at radius 1 is 1.80 bits per heavy atom. The molecule has 5 heavy (non-hydrogen) atoms. The first-order valence-corrected chi connectivity index (χ1v) is 4.10. The van der Waals surface area contributed by atoms with E-state index in [4.69, 9.17) is 0 Å². The highest BCUT2D eigenvalue weighted by Crippen LogP contribution is 1.91. The molecule has 0 rings (SSSR count). The molecule has 0 heterocycles. The van der Waals surface area contributed by atoms with Crippen LogP contribution in [0.1, 0.15) is 13.3 Å². The summed E-state index contributed by atoms with van der Waals surface area (Å²) in [7, 11) is 0.741. The molecule has 2 heteroatoms. The fourth-order valence-corrected chi connectivity index (χ4v) is 0.919. The highest BCUT2D eigenvalue weighted by molar-refractivity contribution is 7.96. The smallest absolute Gasteiger partial charge is 0.0614 e. The van der Waals surface area contributed by atoms with Crippen LogP contribution in [0.4, 0.5) is 0 Å². The van der Waals surface area contributed by atoms with Crippen molar-refractivity contribution >= 4 is 19.2 Å². The van der Waals surface area contributed by atoms with E-state index < -0.39 is 0 Å². The Kier molecular flexibility index (Phi) is 4.99. The molecule has 0 aromatic rings. The second-order valence-electron chi connectivity index (χ2n) is 0.894. The summed E-state index contributed by atoms with van der Waals surface area (Å²) in [6.45, 7) is 2.15. The molecular formula is C3H8PS+. The summed E-state index contributed by atoms with van der Waals surface area (Å²) in [5.74, 6) is 0. The SMILES string of the molecule is CCC[PH+]=S. The Hall–Kier alpha value is 0.520. The molecule has 1 atom stereocenters. The highest BCUT2D eigenvalue weighted by atomic mass is 32.4. The van der Waals surface area contributed by atoms with Crippen molar-refractivity contribution in [2.24, 2.45) is 0 Å². The van der Waals surface area contributed by atoms with Crippen LogP contribution in [-0.2, 0) is 11.8 Å². The van der Waals surface area contributed by atoms with Crippen molar-refractivity contribution in [2.45, 2.75) is 13.3 Å². The second-order valence-corrected chi connectivity index (χ2v) is 2.55. The minimum absolute atomic E-state index is 0.741. The molecule has 0 spiro atoms. The van der Waals surface area contributed by atoms with Crippen LogP contribution in [0, 0.1) is 0 Å². The summed E-state index contributed by atoms with van der Waals surface area (Å²) in [5.41, 5.74) is 0. The van der Waals surface area contributed by atoms with Crippen molar-refractivity contribution in [3.63, 3.8) is 0 Å². The third-order valence-electron chi connectivity index (χ3n) is 0.352. The van der Waals surface area contributed by atoms with Crippen LogP contribution >= 0.6 is 7.36 Å². The van der Waals surface area contributed by atoms with Crippen LogP contribution in [0.5, 0.6) is 0 Å². The van der Waals surface area contributed by atoms with Crippen molar-refractivity contribution in [2.75, 3.05) is 6.16 Å². The fourth-order valence-electron chi connectivity index (χ4n) is 0.102. The van der Waals surface area contributed by atoms with Gasteiger partial charge in [-0.3, -0.25) is 0 Å². The zero-order valence-electron chi connectivity index (χ0n) is 3.32. The van der Waals surface area contributed by atoms with Gasteiger partial charge in [0.25, 0.3) is 0 Å². The van der Waals surface area contributed by atoms with Gasteiger partial charge in [0.05, 0.1) is 0 Å². The lowest BCUT2D eigenvalue weighted by molar-refractivity contribution is 1.11. The van der Waals surface area contributed by atoms with Crippen molar-refractivity contribution in [1.82, 2.24) is 0 Å². The van der Waals surface area contributed by atoms with Gasteiger partial charge in [0.2, 0.25) is 0 Å². The molecule has 0 aromatic heterocycles. The second kappa shape index (κ2) is 4.52. The molecule has 0 aliphatic heterocycles. The maximum Gasteiger partial charge on any atom is 0.160 e. The first kappa shape index (κ1) is 5.52. The van der Waals surface area contributed by atoms with E-state index in [9.17, 15) is 0 Å². The summed E-state index contributed by atoms with van der Waals surface area (Å²) < 4.78 is 0. The molecule has 0 radical (unpaired) electrons. The van der Waals surface area contributed by atoms with E-state index >= 15 is 0 Å². The summed E-state index contributed by atoms with van der Waals surface area (Å²) in [6.07, 6.45) is 2.48. The van der Waals surface area contributed by atoms with Crippen molar-refractivity contribution in [1.29, 1.82) is 0 Å². The van der Waals surface area contributed by atoms with Gasteiger partial charge in [0.1, 0.15) is 6.16 Å². The molecule has 1 unspecified atom stereocenters. The monoisotopic (exact) mass is 107 g/mol. The van der Waals surface area contributed by atoms with E-state index in [-0.39, 0.29) is 0 Å². The van der Waals surface area contributed by atoms with E-state index in [1.165, 1.54) is 12.6 Å². The molecule has 0 aliphatic carbocycles. The highest BCUT2D eigenvalue weighted by Gasteiger charge is 1.74. The number of rotatable bonds is 2. The first-order valence-electron chi connectivity index (χ1n) is 1.76. The molecule has 0 saturated heterocycles. The lowest BCUT2D eigenvalue weighted by Crippen LogP contribution is -1.57. The Morgan fingerprint density at radius 3 is 2.40 bits per heavy atom. The first-order chi connectivity index (χ1) is 2.41. The zero-order chi connectivity index (χ0) is 4.12. The maximum atomic E-state index is 4.68. The van der Waals surface area contributed by atoms with E-state index in [0.717, 1.165) is 7.36 Å². The molecule has 0 aliphatic rings. The van der Waals surface area contributed by atoms with Crippen LogP contribution in [-0.4, -0.2) is 6.16 Å². The van der Waals surface area contributed by atoms with Gasteiger partial charge in [-0.05, 0) is 6.42 Å². The minimum atomic E-state index is 0.741. The van der Waals surface area contributed by atoms with Gasteiger partial charge >= 0.3 is 0 Å². The molecule has 0 saturated carbocycles. The van der Waals surface area contributed by atoms with E-state index in [1.54, 1.807) is 0 Å². The van der Waals surface area contributed by atoms with Gasteiger partial charge in [-0.1, -0.05) is 6.92 Å². The molecule has 30 valence electrons. The van der Waals surface area contributed by atoms with Crippen LogP contribution in [0.2, 0.25) is 0 Å². The predicted octanol–water partition coefficient (Wildman–Crippen LogP) is 1.54. The largest absolute Gasteiger partial charge is 0.160 e. The van der Waals surface area contributed by atoms with Gasteiger partial charge in [-0.2, -0.15) is 0 Å². The predicted molar refractivity (Wildman–Crippen MR) is 30.8 cm³/mol. The van der Waals surface area contributed by atoms with Gasteiger partial charge in [0, 0.05) is 0 Å². The number of hydrogen-bond acceptors (Lipinski definition) is 1. The number of hydrogen-bond donors (Lipinski definition) is 0. The van der Waals surface area contributed by atoms with E-state index in [1.807, 2.05) is 0 Å². The van der Waals surface area contributed by atoms with Gasteiger partial charge < -0.3 is 0 Å². The Bertz CT molecular complexity index is 28.1. The summed E-state index contributed by atoms with van der Waals surface area (Å²) in [6, 6.07) is 0. The zero-order valence-corrected chi connectivity index (χ0v) is 5.14. The van der Waals surface area contributed by atoms with E-state index in [2.05, 4.69) is 18.7 Å². The van der Waals surface area contributed by atoms with Crippen molar-refractivity contribution in [3.05, 3.63) is 0 Å². The average molecular weight is 107 g/mol. The van der Waals surface area contributed by atoms with Crippen LogP contribution in [0.25, 0.3) is 0 Å². The average Bonchev–Trinajstić information content (AvgIpc) is 1.41. The molecule has 0 N–H and O–H groups in total. The van der Waals surface area contributed by atoms with Gasteiger partial charge in [0.15, 0.2) is 19.2 Å². The quantitative estimate of drug-likeness (QED) is 0.482. The van der Waals surface area contributed by atoms with Crippen molar-refractivity contribution < 1.29 is 0 Å². The Labute approximate surface area is 39.4 Å². The topological polar surface area (TPSA) is 0 Å². The third kappa shape index (κ3) is 4.52. The molecule has 0 bridgehead atoms. The fraction of sp³-hybridized carbons (Fsp3) is 1.00. The van der Waals surface area contributed by atoms with Gasteiger partial charge in [-0.15, -0.1) is 0 Å². The molecular weight excluding hydrogens is 99.1 g/mol. The normalized spacial score (nSPS) is 9.00.